The molecule has 2 aromatic rings. The lowest BCUT2D eigenvalue weighted by Crippen LogP contribution is -2.42. The maximum atomic E-state index is 5.83. The maximum Gasteiger partial charge on any atom is 0.191 e. The van der Waals surface area contributed by atoms with E-state index in [1.807, 2.05) is 32.3 Å². The van der Waals surface area contributed by atoms with E-state index in [4.69, 9.17) is 21.1 Å². The number of nitrogens with one attached hydrogen (secondary N) is 2. The third kappa shape index (κ3) is 6.80. The molecular weight excluding hydrogens is 390 g/mol. The number of likely N-dealkylation sites (N-methyl/N-ethyl adjacent to an activating group) is 1. The van der Waals surface area contributed by atoms with Crippen molar-refractivity contribution < 1.29 is 9.47 Å². The van der Waals surface area contributed by atoms with Crippen molar-refractivity contribution in [1.82, 2.24) is 20.5 Å². The van der Waals surface area contributed by atoms with Gasteiger partial charge in [-0.2, -0.15) is 0 Å². The number of pyridine rings is 1. The second-order valence-corrected chi connectivity index (χ2v) is 7.10. The summed E-state index contributed by atoms with van der Waals surface area (Å²) in [5.41, 5.74) is 2.25. The Morgan fingerprint density at radius 3 is 2.48 bits per heavy atom. The van der Waals surface area contributed by atoms with E-state index >= 15 is 0 Å². The predicted octanol–water partition coefficient (Wildman–Crippen LogP) is 2.76. The molecule has 0 fully saturated rings. The molecule has 1 aromatic carbocycles. The van der Waals surface area contributed by atoms with Crippen LogP contribution in [0.3, 0.4) is 0 Å². The highest BCUT2D eigenvalue weighted by Gasteiger charge is 2.17. The van der Waals surface area contributed by atoms with E-state index in [0.29, 0.717) is 11.7 Å². The van der Waals surface area contributed by atoms with Crippen molar-refractivity contribution in [2.45, 2.75) is 12.5 Å². The molecule has 0 saturated heterocycles. The second kappa shape index (κ2) is 11.5. The zero-order valence-corrected chi connectivity index (χ0v) is 18.5. The van der Waals surface area contributed by atoms with E-state index in [-0.39, 0.29) is 6.04 Å². The number of nitrogens with zero attached hydrogens (tertiary/aromatic N) is 3. The van der Waals surface area contributed by atoms with E-state index < -0.39 is 0 Å². The van der Waals surface area contributed by atoms with Gasteiger partial charge < -0.3 is 25.0 Å². The number of guanidine groups is 1. The summed E-state index contributed by atoms with van der Waals surface area (Å²) in [7, 11) is 9.14. The monoisotopic (exact) mass is 419 g/mol. The van der Waals surface area contributed by atoms with E-state index in [1.54, 1.807) is 33.5 Å². The molecule has 0 bridgehead atoms. The van der Waals surface area contributed by atoms with Gasteiger partial charge in [-0.15, -0.1) is 0 Å². The Morgan fingerprint density at radius 1 is 1.14 bits per heavy atom. The number of rotatable bonds is 9. The number of aliphatic imine (C=N–C) groups is 1. The van der Waals surface area contributed by atoms with Gasteiger partial charge in [0.2, 0.25) is 0 Å². The molecule has 0 spiro atoms. The average molecular weight is 420 g/mol. The Kier molecular flexibility index (Phi) is 9.02. The van der Waals surface area contributed by atoms with Gasteiger partial charge in [0.15, 0.2) is 17.5 Å². The highest BCUT2D eigenvalue weighted by atomic mass is 35.5. The maximum absolute atomic E-state index is 5.83. The van der Waals surface area contributed by atoms with Crippen LogP contribution in [0.1, 0.15) is 17.2 Å². The van der Waals surface area contributed by atoms with E-state index in [0.717, 1.165) is 41.6 Å². The van der Waals surface area contributed by atoms with Crippen LogP contribution >= 0.6 is 11.6 Å². The van der Waals surface area contributed by atoms with Gasteiger partial charge in [-0.05, 0) is 49.8 Å². The number of ether oxygens (including phenoxy) is 2. The fraction of sp³-hybridized carbons (Fsp3) is 0.429. The first-order valence-corrected chi connectivity index (χ1v) is 9.79. The highest BCUT2D eigenvalue weighted by Crippen LogP contribution is 2.31. The van der Waals surface area contributed by atoms with Crippen molar-refractivity contribution in [1.29, 1.82) is 0 Å². The highest BCUT2D eigenvalue weighted by molar-refractivity contribution is 6.29. The molecule has 158 valence electrons. The molecule has 2 N–H and O–H groups in total. The lowest BCUT2D eigenvalue weighted by Gasteiger charge is -2.26. The summed E-state index contributed by atoms with van der Waals surface area (Å²) in [4.78, 5) is 10.6. The van der Waals surface area contributed by atoms with Crippen molar-refractivity contribution in [2.75, 3.05) is 48.5 Å². The van der Waals surface area contributed by atoms with Crippen LogP contribution in [0, 0.1) is 0 Å². The molecule has 7 nitrogen and oxygen atoms in total. The number of aromatic nitrogens is 1. The van der Waals surface area contributed by atoms with Gasteiger partial charge in [0.1, 0.15) is 5.15 Å². The van der Waals surface area contributed by atoms with Gasteiger partial charge in [-0.3, -0.25) is 4.99 Å². The third-order valence-corrected chi connectivity index (χ3v) is 4.82. The lowest BCUT2D eigenvalue weighted by molar-refractivity contribution is 0.295. The minimum atomic E-state index is 0.133. The molecule has 0 radical (unpaired) electrons. The molecule has 1 unspecified atom stereocenters. The van der Waals surface area contributed by atoms with Gasteiger partial charge in [0, 0.05) is 26.3 Å². The van der Waals surface area contributed by atoms with E-state index in [2.05, 4.69) is 31.6 Å². The van der Waals surface area contributed by atoms with Gasteiger partial charge in [-0.25, -0.2) is 4.98 Å². The summed E-state index contributed by atoms with van der Waals surface area (Å²) >= 11 is 5.83. The number of halogens is 1. The van der Waals surface area contributed by atoms with Crippen LogP contribution in [0.5, 0.6) is 11.5 Å². The summed E-state index contributed by atoms with van der Waals surface area (Å²) in [6.07, 6.45) is 2.62. The molecule has 1 aromatic heterocycles. The molecular formula is C21H30ClN5O2. The normalized spacial score (nSPS) is 12.6. The topological polar surface area (TPSA) is 71.0 Å². The molecule has 0 aliphatic heterocycles. The number of benzene rings is 1. The molecule has 2 rings (SSSR count). The average Bonchev–Trinajstić information content (AvgIpc) is 2.73. The van der Waals surface area contributed by atoms with Crippen LogP contribution in [0.4, 0.5) is 0 Å². The second-order valence-electron chi connectivity index (χ2n) is 6.71. The first-order chi connectivity index (χ1) is 14.0. The SMILES string of the molecule is CN=C(NCCc1ccc(Cl)nc1)NCC(c1ccc(OC)c(OC)c1)N(C)C. The van der Waals surface area contributed by atoms with Crippen molar-refractivity contribution in [3.05, 3.63) is 52.8 Å². The molecule has 1 heterocycles. The first kappa shape index (κ1) is 22.8. The summed E-state index contributed by atoms with van der Waals surface area (Å²) in [6, 6.07) is 9.90. The Labute approximate surface area is 178 Å². The van der Waals surface area contributed by atoms with Crippen LogP contribution in [0.2, 0.25) is 5.15 Å². The minimum absolute atomic E-state index is 0.133. The summed E-state index contributed by atoms with van der Waals surface area (Å²) in [6.45, 7) is 1.43. The van der Waals surface area contributed by atoms with Crippen LogP contribution in [-0.2, 0) is 6.42 Å². The van der Waals surface area contributed by atoms with Gasteiger partial charge >= 0.3 is 0 Å². The van der Waals surface area contributed by atoms with Crippen molar-refractivity contribution in [2.24, 2.45) is 4.99 Å². The van der Waals surface area contributed by atoms with Crippen LogP contribution < -0.4 is 20.1 Å². The minimum Gasteiger partial charge on any atom is -0.493 e. The fourth-order valence-electron chi connectivity index (χ4n) is 2.95. The smallest absolute Gasteiger partial charge is 0.191 e. The first-order valence-electron chi connectivity index (χ1n) is 9.41. The molecule has 0 amide bonds. The zero-order valence-electron chi connectivity index (χ0n) is 17.7. The quantitative estimate of drug-likeness (QED) is 0.370. The number of hydrogen-bond donors (Lipinski definition) is 2. The Balaban J connectivity index is 1.95. The molecule has 8 heteroatoms. The zero-order chi connectivity index (χ0) is 21.2. The molecule has 0 saturated carbocycles. The van der Waals surface area contributed by atoms with Crippen LogP contribution in [0.25, 0.3) is 0 Å². The number of hydrogen-bond acceptors (Lipinski definition) is 5. The Bertz CT molecular complexity index is 796. The lowest BCUT2D eigenvalue weighted by atomic mass is 10.1. The predicted molar refractivity (Wildman–Crippen MR) is 118 cm³/mol. The van der Waals surface area contributed by atoms with Crippen molar-refractivity contribution >= 4 is 17.6 Å². The largest absolute Gasteiger partial charge is 0.493 e. The van der Waals surface area contributed by atoms with Gasteiger partial charge in [-0.1, -0.05) is 23.7 Å². The summed E-state index contributed by atoms with van der Waals surface area (Å²) < 4.78 is 10.8. The van der Waals surface area contributed by atoms with Gasteiger partial charge in [0.05, 0.1) is 20.3 Å². The van der Waals surface area contributed by atoms with E-state index in [1.165, 1.54) is 0 Å². The summed E-state index contributed by atoms with van der Waals surface area (Å²) in [5.74, 6) is 2.19. The molecule has 29 heavy (non-hydrogen) atoms. The van der Waals surface area contributed by atoms with Crippen LogP contribution in [-0.4, -0.2) is 64.3 Å². The standard InChI is InChI=1S/C21H30ClN5O2/c1-23-21(24-11-10-15-6-9-20(22)25-13-15)26-14-17(27(2)3)16-7-8-18(28-4)19(12-16)29-5/h6-9,12-13,17H,10-11,14H2,1-5H3,(H2,23,24,26). The summed E-state index contributed by atoms with van der Waals surface area (Å²) in [5, 5.41) is 7.24. The third-order valence-electron chi connectivity index (χ3n) is 4.60. The molecule has 0 aliphatic carbocycles. The Morgan fingerprint density at radius 2 is 1.90 bits per heavy atom. The molecule has 1 atom stereocenters. The fourth-order valence-corrected chi connectivity index (χ4v) is 3.06. The van der Waals surface area contributed by atoms with Crippen molar-refractivity contribution in [3.8, 4) is 11.5 Å². The van der Waals surface area contributed by atoms with Gasteiger partial charge in [0.25, 0.3) is 0 Å². The van der Waals surface area contributed by atoms with Crippen LogP contribution in [0.15, 0.2) is 41.5 Å². The Hall–Kier alpha value is -2.51. The van der Waals surface area contributed by atoms with Crippen molar-refractivity contribution in [3.63, 3.8) is 0 Å². The molecule has 0 aliphatic rings. The number of methoxy groups -OCH3 is 2. The van der Waals surface area contributed by atoms with E-state index in [9.17, 15) is 0 Å².